The number of hydrogen-bond donors (Lipinski definition) is 1. The van der Waals surface area contributed by atoms with E-state index in [1.165, 1.54) is 16.8 Å². The number of non-ortho nitro benzene ring substituents is 1. The topological polar surface area (TPSA) is 121 Å². The van der Waals surface area contributed by atoms with E-state index in [9.17, 15) is 14.9 Å². The number of nitrogens with zero attached hydrogens (tertiary/aromatic N) is 6. The summed E-state index contributed by atoms with van der Waals surface area (Å²) >= 11 is 0. The summed E-state index contributed by atoms with van der Waals surface area (Å²) in [5, 5.41) is 25.9. The van der Waals surface area contributed by atoms with Gasteiger partial charge in [-0.25, -0.2) is 4.68 Å². The summed E-state index contributed by atoms with van der Waals surface area (Å²) in [5.41, 5.74) is 2.67. The molecular formula is C20H17N7O3. The summed E-state index contributed by atoms with van der Waals surface area (Å²) in [6.45, 7) is 2.32. The third kappa shape index (κ3) is 3.92. The number of rotatable bonds is 6. The Labute approximate surface area is 170 Å². The Morgan fingerprint density at radius 2 is 1.97 bits per heavy atom. The summed E-state index contributed by atoms with van der Waals surface area (Å²) in [4.78, 5) is 23.1. The fourth-order valence-electron chi connectivity index (χ4n) is 2.99. The molecule has 0 aliphatic rings. The molecule has 2 aromatic carbocycles. The lowest BCUT2D eigenvalue weighted by Gasteiger charge is -2.07. The molecule has 0 bridgehead atoms. The number of amides is 1. The summed E-state index contributed by atoms with van der Waals surface area (Å²) in [7, 11) is 0. The van der Waals surface area contributed by atoms with Gasteiger partial charge >= 0.3 is 0 Å². The quantitative estimate of drug-likeness (QED) is 0.390. The van der Waals surface area contributed by atoms with Crippen LogP contribution in [-0.4, -0.2) is 35.6 Å². The van der Waals surface area contributed by atoms with Crippen LogP contribution in [0, 0.1) is 17.0 Å². The normalized spacial score (nSPS) is 10.7. The Balaban J connectivity index is 1.49. The molecule has 0 spiro atoms. The lowest BCUT2D eigenvalue weighted by atomic mass is 10.2. The Morgan fingerprint density at radius 3 is 2.67 bits per heavy atom. The van der Waals surface area contributed by atoms with E-state index in [0.29, 0.717) is 23.6 Å². The van der Waals surface area contributed by atoms with Crippen molar-refractivity contribution in [2.75, 3.05) is 5.32 Å². The minimum atomic E-state index is -0.487. The van der Waals surface area contributed by atoms with E-state index in [1.54, 1.807) is 37.4 Å². The first-order valence-corrected chi connectivity index (χ1v) is 9.06. The molecule has 10 heteroatoms. The molecule has 0 fully saturated rings. The van der Waals surface area contributed by atoms with Crippen molar-refractivity contribution in [2.45, 2.75) is 13.5 Å². The van der Waals surface area contributed by atoms with E-state index in [4.69, 9.17) is 0 Å². The van der Waals surface area contributed by atoms with Crippen molar-refractivity contribution in [2.24, 2.45) is 0 Å². The van der Waals surface area contributed by atoms with Gasteiger partial charge in [-0.15, -0.1) is 5.10 Å². The highest BCUT2D eigenvalue weighted by molar-refractivity contribution is 6.03. The minimum absolute atomic E-state index is 0.0661. The molecule has 2 aromatic heterocycles. The Bertz CT molecular complexity index is 1200. The van der Waals surface area contributed by atoms with Crippen LogP contribution in [-0.2, 0) is 6.54 Å². The second-order valence-corrected chi connectivity index (χ2v) is 6.57. The molecule has 1 amide bonds. The van der Waals surface area contributed by atoms with E-state index in [-0.39, 0.29) is 11.4 Å². The Morgan fingerprint density at radius 1 is 1.17 bits per heavy atom. The second kappa shape index (κ2) is 7.95. The summed E-state index contributed by atoms with van der Waals surface area (Å²) in [5.74, 6) is -0.413. The van der Waals surface area contributed by atoms with Crippen LogP contribution in [0.15, 0.2) is 67.0 Å². The largest absolute Gasteiger partial charge is 0.321 e. The lowest BCUT2D eigenvalue weighted by molar-refractivity contribution is -0.384. The predicted molar refractivity (Wildman–Crippen MR) is 108 cm³/mol. The Kier molecular flexibility index (Phi) is 5.04. The minimum Gasteiger partial charge on any atom is -0.321 e. The van der Waals surface area contributed by atoms with Crippen molar-refractivity contribution in [3.63, 3.8) is 0 Å². The zero-order chi connectivity index (χ0) is 21.1. The summed E-state index contributed by atoms with van der Waals surface area (Å²) in [6.07, 6.45) is 3.60. The molecule has 0 saturated carbocycles. The number of nitro benzene ring substituents is 1. The van der Waals surface area contributed by atoms with Crippen molar-refractivity contribution in [3.8, 4) is 5.69 Å². The maximum atomic E-state index is 12.6. The van der Waals surface area contributed by atoms with Crippen molar-refractivity contribution in [3.05, 3.63) is 94.1 Å². The third-order valence-electron chi connectivity index (χ3n) is 4.51. The first-order valence-electron chi connectivity index (χ1n) is 9.06. The number of aromatic nitrogens is 5. The van der Waals surface area contributed by atoms with Crippen molar-refractivity contribution >= 4 is 17.3 Å². The van der Waals surface area contributed by atoms with Crippen LogP contribution in [0.3, 0.4) is 0 Å². The first kappa shape index (κ1) is 19.0. The van der Waals surface area contributed by atoms with Gasteiger partial charge in [-0.3, -0.25) is 19.6 Å². The molecule has 0 saturated heterocycles. The van der Waals surface area contributed by atoms with Gasteiger partial charge in [0.05, 0.1) is 22.8 Å². The number of benzene rings is 2. The van der Waals surface area contributed by atoms with Gasteiger partial charge in [-0.05, 0) is 36.8 Å². The van der Waals surface area contributed by atoms with Crippen molar-refractivity contribution < 1.29 is 9.72 Å². The van der Waals surface area contributed by atoms with Gasteiger partial charge in [0.1, 0.15) is 0 Å². The zero-order valence-corrected chi connectivity index (χ0v) is 16.0. The maximum Gasteiger partial charge on any atom is 0.278 e. The fourth-order valence-corrected chi connectivity index (χ4v) is 2.99. The second-order valence-electron chi connectivity index (χ2n) is 6.57. The molecule has 30 heavy (non-hydrogen) atoms. The van der Waals surface area contributed by atoms with Crippen LogP contribution in [0.1, 0.15) is 21.7 Å². The van der Waals surface area contributed by atoms with Gasteiger partial charge < -0.3 is 5.32 Å². The van der Waals surface area contributed by atoms with Crippen LogP contribution >= 0.6 is 0 Å². The van der Waals surface area contributed by atoms with Gasteiger partial charge in [-0.2, -0.15) is 5.10 Å². The van der Waals surface area contributed by atoms with E-state index >= 15 is 0 Å². The summed E-state index contributed by atoms with van der Waals surface area (Å²) in [6, 6.07) is 15.3. The molecule has 4 aromatic rings. The summed E-state index contributed by atoms with van der Waals surface area (Å²) < 4.78 is 3.21. The van der Waals surface area contributed by atoms with E-state index < -0.39 is 10.8 Å². The van der Waals surface area contributed by atoms with Gasteiger partial charge in [0.15, 0.2) is 5.69 Å². The highest BCUT2D eigenvalue weighted by atomic mass is 16.6. The molecule has 2 heterocycles. The number of hydrogen-bond acceptors (Lipinski definition) is 6. The standard InChI is InChI=1S/C20H17N7O3/c1-14-19(23-24-26(14)17-4-2-5-18(12-17)27(29)30)20(28)22-16-8-6-15(7-9-16)13-25-11-3-10-21-25/h2-12H,13H2,1H3,(H,22,28). The predicted octanol–water partition coefficient (Wildman–Crippen LogP) is 2.98. The third-order valence-corrected chi connectivity index (χ3v) is 4.51. The van der Waals surface area contributed by atoms with Crippen LogP contribution in [0.5, 0.6) is 0 Å². The van der Waals surface area contributed by atoms with Crippen molar-refractivity contribution in [1.82, 2.24) is 24.8 Å². The molecule has 0 aliphatic carbocycles. The molecule has 0 unspecified atom stereocenters. The van der Waals surface area contributed by atoms with E-state index in [1.807, 2.05) is 29.1 Å². The Hall–Kier alpha value is -4.34. The number of carbonyl (C=O) groups is 1. The van der Waals surface area contributed by atoms with Gasteiger partial charge in [0.25, 0.3) is 11.6 Å². The fraction of sp³-hybridized carbons (Fsp3) is 0.100. The average Bonchev–Trinajstić information content (AvgIpc) is 3.39. The van der Waals surface area contributed by atoms with Crippen LogP contribution in [0.2, 0.25) is 0 Å². The smallest absolute Gasteiger partial charge is 0.278 e. The van der Waals surface area contributed by atoms with Crippen LogP contribution < -0.4 is 5.32 Å². The van der Waals surface area contributed by atoms with E-state index in [0.717, 1.165) is 5.56 Å². The molecule has 10 nitrogen and oxygen atoms in total. The first-order chi connectivity index (χ1) is 14.5. The number of nitrogens with one attached hydrogen (secondary N) is 1. The molecule has 4 rings (SSSR count). The van der Waals surface area contributed by atoms with Crippen LogP contribution in [0.4, 0.5) is 11.4 Å². The highest BCUT2D eigenvalue weighted by Gasteiger charge is 2.18. The molecule has 150 valence electrons. The average molecular weight is 403 g/mol. The van der Waals surface area contributed by atoms with Crippen molar-refractivity contribution in [1.29, 1.82) is 0 Å². The maximum absolute atomic E-state index is 12.6. The highest BCUT2D eigenvalue weighted by Crippen LogP contribution is 2.19. The number of anilines is 1. The molecule has 1 N–H and O–H groups in total. The number of nitro groups is 1. The monoisotopic (exact) mass is 403 g/mol. The lowest BCUT2D eigenvalue weighted by Crippen LogP contribution is -2.14. The number of carbonyl (C=O) groups excluding carboxylic acids is 1. The molecule has 0 radical (unpaired) electrons. The zero-order valence-electron chi connectivity index (χ0n) is 16.0. The molecule has 0 aliphatic heterocycles. The van der Waals surface area contributed by atoms with Gasteiger partial charge in [-0.1, -0.05) is 23.4 Å². The van der Waals surface area contributed by atoms with E-state index in [2.05, 4.69) is 20.7 Å². The SMILES string of the molecule is Cc1c(C(=O)Nc2ccc(Cn3cccn3)cc2)nnn1-c1cccc([N+](=O)[O-])c1. The van der Waals surface area contributed by atoms with Gasteiger partial charge in [0, 0.05) is 30.2 Å². The van der Waals surface area contributed by atoms with Gasteiger partial charge in [0.2, 0.25) is 0 Å². The molecular weight excluding hydrogens is 386 g/mol. The van der Waals surface area contributed by atoms with Crippen LogP contribution in [0.25, 0.3) is 5.69 Å². The molecule has 0 atom stereocenters.